The highest BCUT2D eigenvalue weighted by molar-refractivity contribution is 5.84. The van der Waals surface area contributed by atoms with Crippen molar-refractivity contribution in [2.45, 2.75) is 45.1 Å². The van der Waals surface area contributed by atoms with Gasteiger partial charge in [-0.25, -0.2) is 0 Å². The normalized spacial score (nSPS) is 18.1. The van der Waals surface area contributed by atoms with E-state index in [9.17, 15) is 4.79 Å². The van der Waals surface area contributed by atoms with Crippen LogP contribution >= 0.6 is 0 Å². The van der Waals surface area contributed by atoms with Crippen molar-refractivity contribution in [3.63, 3.8) is 0 Å². The van der Waals surface area contributed by atoms with E-state index >= 15 is 0 Å². The largest absolute Gasteiger partial charge is 0.369 e. The van der Waals surface area contributed by atoms with Gasteiger partial charge in [-0.1, -0.05) is 6.42 Å². The number of unbranched alkanes of at least 4 members (excludes halogenated alkanes) is 2. The Morgan fingerprint density at radius 2 is 1.90 bits per heavy atom. The van der Waals surface area contributed by atoms with E-state index in [2.05, 4.69) is 4.90 Å². The Hall–Kier alpha value is -0.650. The fourth-order valence-electron chi connectivity index (χ4n) is 2.52. The van der Waals surface area contributed by atoms with Gasteiger partial charge in [0, 0.05) is 26.7 Å². The molecule has 1 rings (SSSR count). The van der Waals surface area contributed by atoms with Crippen molar-refractivity contribution >= 4 is 5.91 Å². The first-order chi connectivity index (χ1) is 9.51. The molecular formula is C15H31N3O2. The fraction of sp³-hybridized carbons (Fsp3) is 0.933. The van der Waals surface area contributed by atoms with Gasteiger partial charge in [0.25, 0.3) is 5.91 Å². The molecule has 20 heavy (non-hydrogen) atoms. The lowest BCUT2D eigenvalue weighted by atomic mass is 10.1. The van der Waals surface area contributed by atoms with Crippen molar-refractivity contribution in [1.29, 1.82) is 0 Å². The monoisotopic (exact) mass is 285 g/mol. The van der Waals surface area contributed by atoms with Gasteiger partial charge in [0.2, 0.25) is 0 Å². The van der Waals surface area contributed by atoms with Crippen LogP contribution in [0.2, 0.25) is 0 Å². The van der Waals surface area contributed by atoms with E-state index in [0.717, 1.165) is 52.1 Å². The Labute approximate surface area is 123 Å². The SMILES string of the molecule is COC(C)(C)C(=O)N1CCCN(CCCCCN)CC1. The van der Waals surface area contributed by atoms with Crippen molar-refractivity contribution in [3.05, 3.63) is 0 Å². The van der Waals surface area contributed by atoms with Gasteiger partial charge >= 0.3 is 0 Å². The molecular weight excluding hydrogens is 254 g/mol. The molecule has 1 aliphatic rings. The number of methoxy groups -OCH3 is 1. The highest BCUT2D eigenvalue weighted by Gasteiger charge is 2.32. The minimum Gasteiger partial charge on any atom is -0.369 e. The summed E-state index contributed by atoms with van der Waals surface area (Å²) in [6.45, 7) is 9.28. The maximum absolute atomic E-state index is 12.4. The molecule has 1 saturated heterocycles. The number of carbonyl (C=O) groups excluding carboxylic acids is 1. The molecule has 0 atom stereocenters. The summed E-state index contributed by atoms with van der Waals surface area (Å²) >= 11 is 0. The number of hydrogen-bond donors (Lipinski definition) is 1. The lowest BCUT2D eigenvalue weighted by Gasteiger charge is -2.30. The number of amides is 1. The maximum Gasteiger partial charge on any atom is 0.254 e. The average Bonchev–Trinajstić information content (AvgIpc) is 2.68. The highest BCUT2D eigenvalue weighted by Crippen LogP contribution is 2.14. The van der Waals surface area contributed by atoms with Gasteiger partial charge in [0.05, 0.1) is 0 Å². The third-order valence-electron chi connectivity index (χ3n) is 4.08. The molecule has 0 radical (unpaired) electrons. The third kappa shape index (κ3) is 5.38. The zero-order chi connectivity index (χ0) is 15.0. The van der Waals surface area contributed by atoms with Crippen LogP contribution in [0, 0.1) is 0 Å². The minimum absolute atomic E-state index is 0.102. The number of nitrogens with zero attached hydrogens (tertiary/aromatic N) is 2. The lowest BCUT2D eigenvalue weighted by molar-refractivity contribution is -0.150. The molecule has 0 aliphatic carbocycles. The van der Waals surface area contributed by atoms with Crippen LogP contribution in [0.5, 0.6) is 0 Å². The number of rotatable bonds is 7. The van der Waals surface area contributed by atoms with Crippen LogP contribution in [-0.2, 0) is 9.53 Å². The average molecular weight is 285 g/mol. The minimum atomic E-state index is -0.712. The molecule has 0 bridgehead atoms. The van der Waals surface area contributed by atoms with Crippen LogP contribution in [0.25, 0.3) is 0 Å². The first-order valence-corrected chi connectivity index (χ1v) is 7.78. The van der Waals surface area contributed by atoms with E-state index in [-0.39, 0.29) is 5.91 Å². The molecule has 1 aliphatic heterocycles. The van der Waals surface area contributed by atoms with Crippen LogP contribution < -0.4 is 5.73 Å². The topological polar surface area (TPSA) is 58.8 Å². The van der Waals surface area contributed by atoms with Gasteiger partial charge in [-0.15, -0.1) is 0 Å². The van der Waals surface area contributed by atoms with E-state index < -0.39 is 5.60 Å². The van der Waals surface area contributed by atoms with Gasteiger partial charge in [-0.3, -0.25) is 4.79 Å². The molecule has 0 saturated carbocycles. The van der Waals surface area contributed by atoms with Crippen LogP contribution in [0.1, 0.15) is 39.5 Å². The van der Waals surface area contributed by atoms with E-state index in [0.29, 0.717) is 0 Å². The molecule has 0 aromatic heterocycles. The Kier molecular flexibility index (Phi) is 7.48. The smallest absolute Gasteiger partial charge is 0.254 e. The molecule has 5 nitrogen and oxygen atoms in total. The second kappa shape index (κ2) is 8.60. The molecule has 0 aromatic rings. The summed E-state index contributed by atoms with van der Waals surface area (Å²) in [5, 5.41) is 0. The molecule has 1 heterocycles. The Morgan fingerprint density at radius 3 is 2.55 bits per heavy atom. The number of ether oxygens (including phenoxy) is 1. The lowest BCUT2D eigenvalue weighted by Crippen LogP contribution is -2.47. The van der Waals surface area contributed by atoms with Gasteiger partial charge in [0.15, 0.2) is 0 Å². The molecule has 0 aromatic carbocycles. The summed E-state index contributed by atoms with van der Waals surface area (Å²) in [5.41, 5.74) is 4.80. The standard InChI is InChI=1S/C15H31N3O2/c1-15(2,20-3)14(19)18-11-7-10-17(12-13-18)9-6-4-5-8-16/h4-13,16H2,1-3H3. The molecule has 5 heteroatoms. The van der Waals surface area contributed by atoms with Gasteiger partial charge in [-0.2, -0.15) is 0 Å². The summed E-state index contributed by atoms with van der Waals surface area (Å²) in [4.78, 5) is 16.8. The molecule has 1 fully saturated rings. The maximum atomic E-state index is 12.4. The predicted molar refractivity (Wildman–Crippen MR) is 81.6 cm³/mol. The van der Waals surface area contributed by atoms with Crippen molar-refractivity contribution in [2.75, 3.05) is 46.4 Å². The molecule has 118 valence electrons. The summed E-state index contributed by atoms with van der Waals surface area (Å²) < 4.78 is 5.30. The predicted octanol–water partition coefficient (Wildman–Crippen LogP) is 1.07. The van der Waals surface area contributed by atoms with Crippen LogP contribution in [0.15, 0.2) is 0 Å². The molecule has 0 spiro atoms. The van der Waals surface area contributed by atoms with Gasteiger partial charge in [0.1, 0.15) is 5.60 Å². The third-order valence-corrected chi connectivity index (χ3v) is 4.08. The van der Waals surface area contributed by atoms with Crippen LogP contribution in [0.3, 0.4) is 0 Å². The van der Waals surface area contributed by atoms with E-state index in [1.54, 1.807) is 7.11 Å². The van der Waals surface area contributed by atoms with E-state index in [1.807, 2.05) is 18.7 Å². The van der Waals surface area contributed by atoms with Crippen molar-refractivity contribution in [2.24, 2.45) is 5.73 Å². The second-order valence-corrected chi connectivity index (χ2v) is 6.05. The highest BCUT2D eigenvalue weighted by atomic mass is 16.5. The van der Waals surface area contributed by atoms with Crippen molar-refractivity contribution in [1.82, 2.24) is 9.80 Å². The number of nitrogens with two attached hydrogens (primary N) is 1. The Balaban J connectivity index is 2.37. The van der Waals surface area contributed by atoms with Crippen LogP contribution in [-0.4, -0.2) is 67.7 Å². The number of hydrogen-bond acceptors (Lipinski definition) is 4. The quantitative estimate of drug-likeness (QED) is 0.711. The second-order valence-electron chi connectivity index (χ2n) is 6.05. The fourth-order valence-corrected chi connectivity index (χ4v) is 2.52. The van der Waals surface area contributed by atoms with Crippen LogP contribution in [0.4, 0.5) is 0 Å². The van der Waals surface area contributed by atoms with Gasteiger partial charge < -0.3 is 20.3 Å². The summed E-state index contributed by atoms with van der Waals surface area (Å²) in [6, 6.07) is 0. The Bertz CT molecular complexity index is 295. The summed E-state index contributed by atoms with van der Waals surface area (Å²) in [7, 11) is 1.60. The molecule has 0 unspecified atom stereocenters. The summed E-state index contributed by atoms with van der Waals surface area (Å²) in [6.07, 6.45) is 4.56. The van der Waals surface area contributed by atoms with Gasteiger partial charge in [-0.05, 0) is 52.7 Å². The van der Waals surface area contributed by atoms with Crippen molar-refractivity contribution < 1.29 is 9.53 Å². The van der Waals surface area contributed by atoms with E-state index in [1.165, 1.54) is 12.8 Å². The summed E-state index contributed by atoms with van der Waals surface area (Å²) in [5.74, 6) is 0.102. The first-order valence-electron chi connectivity index (χ1n) is 7.78. The zero-order valence-electron chi connectivity index (χ0n) is 13.4. The molecule has 2 N–H and O–H groups in total. The first kappa shape index (κ1) is 17.4. The molecule has 1 amide bonds. The Morgan fingerprint density at radius 1 is 1.15 bits per heavy atom. The number of carbonyl (C=O) groups is 1. The zero-order valence-corrected chi connectivity index (χ0v) is 13.4. The van der Waals surface area contributed by atoms with E-state index in [4.69, 9.17) is 10.5 Å². The van der Waals surface area contributed by atoms with Crippen molar-refractivity contribution in [3.8, 4) is 0 Å².